The van der Waals surface area contributed by atoms with Crippen LogP contribution in [0.5, 0.6) is 0 Å². The first-order chi connectivity index (χ1) is 8.43. The van der Waals surface area contributed by atoms with E-state index in [9.17, 15) is 0 Å². The molecule has 90 valence electrons. The van der Waals surface area contributed by atoms with Gasteiger partial charge in [-0.15, -0.1) is 11.3 Å². The van der Waals surface area contributed by atoms with E-state index in [0.29, 0.717) is 5.92 Å². The van der Waals surface area contributed by atoms with Gasteiger partial charge in [-0.1, -0.05) is 0 Å². The van der Waals surface area contributed by atoms with Crippen LogP contribution in [0.4, 0.5) is 0 Å². The van der Waals surface area contributed by atoms with Gasteiger partial charge in [-0.2, -0.15) is 0 Å². The highest BCUT2D eigenvalue weighted by Crippen LogP contribution is 2.22. The molecule has 1 atom stereocenters. The number of hydrogen-bond donors (Lipinski definition) is 0. The fourth-order valence-electron chi connectivity index (χ4n) is 2.22. The third-order valence-corrected chi connectivity index (χ3v) is 3.82. The summed E-state index contributed by atoms with van der Waals surface area (Å²) in [4.78, 5) is 8.71. The molecular weight excluding hydrogens is 234 g/mol. The van der Waals surface area contributed by atoms with E-state index in [4.69, 9.17) is 4.74 Å². The average Bonchev–Trinajstić information content (AvgIpc) is 3.00. The summed E-state index contributed by atoms with van der Waals surface area (Å²) < 4.78 is 7.71. The summed E-state index contributed by atoms with van der Waals surface area (Å²) in [7, 11) is 0. The second-order valence-corrected chi connectivity index (χ2v) is 5.22. The Morgan fingerprint density at radius 1 is 1.41 bits per heavy atom. The Bertz CT molecular complexity index is 460. The normalized spacial score (nSPS) is 20.6. The third-order valence-electron chi connectivity index (χ3n) is 3.05. The molecule has 0 N–H and O–H groups in total. The summed E-state index contributed by atoms with van der Waals surface area (Å²) >= 11 is 1.63. The van der Waals surface area contributed by atoms with Crippen molar-refractivity contribution >= 4 is 11.3 Å². The Morgan fingerprint density at radius 3 is 3.18 bits per heavy atom. The Hall–Kier alpha value is -1.20. The SMILES string of the molecule is c1csc(-c2nccn2CC2CCCOC2)n1. The van der Waals surface area contributed by atoms with Crippen LogP contribution in [-0.4, -0.2) is 27.7 Å². The maximum absolute atomic E-state index is 5.51. The predicted molar refractivity (Wildman–Crippen MR) is 66.9 cm³/mol. The van der Waals surface area contributed by atoms with Crippen molar-refractivity contribution in [1.29, 1.82) is 0 Å². The van der Waals surface area contributed by atoms with Crippen LogP contribution >= 0.6 is 11.3 Å². The van der Waals surface area contributed by atoms with Crippen molar-refractivity contribution in [2.45, 2.75) is 19.4 Å². The van der Waals surface area contributed by atoms with Crippen molar-refractivity contribution in [1.82, 2.24) is 14.5 Å². The molecule has 1 aliphatic heterocycles. The maximum atomic E-state index is 5.51. The Labute approximate surface area is 104 Å². The Morgan fingerprint density at radius 2 is 2.41 bits per heavy atom. The van der Waals surface area contributed by atoms with Gasteiger partial charge in [-0.3, -0.25) is 0 Å². The van der Waals surface area contributed by atoms with E-state index in [1.54, 1.807) is 11.3 Å². The number of nitrogens with zero attached hydrogens (tertiary/aromatic N) is 3. The molecule has 1 aliphatic rings. The molecule has 0 amide bonds. The predicted octanol–water partition coefficient (Wildman–Crippen LogP) is 2.43. The summed E-state index contributed by atoms with van der Waals surface area (Å²) in [6, 6.07) is 0. The zero-order chi connectivity index (χ0) is 11.5. The van der Waals surface area contributed by atoms with Gasteiger partial charge in [-0.25, -0.2) is 9.97 Å². The molecule has 0 spiro atoms. The number of rotatable bonds is 3. The third kappa shape index (κ3) is 2.40. The van der Waals surface area contributed by atoms with Gasteiger partial charge in [0, 0.05) is 43.0 Å². The van der Waals surface area contributed by atoms with Crippen LogP contribution in [0.2, 0.25) is 0 Å². The molecule has 2 aromatic heterocycles. The summed E-state index contributed by atoms with van der Waals surface area (Å²) in [5, 5.41) is 2.98. The first-order valence-corrected chi connectivity index (χ1v) is 6.80. The molecule has 3 heterocycles. The van der Waals surface area contributed by atoms with Gasteiger partial charge >= 0.3 is 0 Å². The molecule has 2 aromatic rings. The lowest BCUT2D eigenvalue weighted by atomic mass is 10.0. The van der Waals surface area contributed by atoms with Crippen molar-refractivity contribution in [3.63, 3.8) is 0 Å². The van der Waals surface area contributed by atoms with Crippen LogP contribution in [-0.2, 0) is 11.3 Å². The van der Waals surface area contributed by atoms with Gasteiger partial charge in [0.1, 0.15) is 0 Å². The van der Waals surface area contributed by atoms with Crippen LogP contribution in [0.1, 0.15) is 12.8 Å². The fraction of sp³-hybridized carbons (Fsp3) is 0.500. The van der Waals surface area contributed by atoms with Crippen molar-refractivity contribution < 1.29 is 4.74 Å². The van der Waals surface area contributed by atoms with E-state index in [-0.39, 0.29) is 0 Å². The van der Waals surface area contributed by atoms with Crippen molar-refractivity contribution in [3.8, 4) is 10.8 Å². The summed E-state index contributed by atoms with van der Waals surface area (Å²) in [6.45, 7) is 2.77. The maximum Gasteiger partial charge on any atom is 0.169 e. The standard InChI is InChI=1S/C12H15N3OS/c1-2-10(9-16-6-1)8-15-5-3-13-11(15)12-14-4-7-17-12/h3-5,7,10H,1-2,6,8-9H2. The molecule has 0 radical (unpaired) electrons. The molecule has 0 aliphatic carbocycles. The number of ether oxygens (including phenoxy) is 1. The topological polar surface area (TPSA) is 39.9 Å². The zero-order valence-corrected chi connectivity index (χ0v) is 10.4. The number of hydrogen-bond acceptors (Lipinski definition) is 4. The molecule has 4 nitrogen and oxygen atoms in total. The minimum absolute atomic E-state index is 0.608. The average molecular weight is 249 g/mol. The van der Waals surface area contributed by atoms with Gasteiger partial charge in [0.2, 0.25) is 0 Å². The Balaban J connectivity index is 1.77. The largest absolute Gasteiger partial charge is 0.381 e. The van der Waals surface area contributed by atoms with Crippen LogP contribution in [0, 0.1) is 5.92 Å². The molecule has 1 fully saturated rings. The minimum Gasteiger partial charge on any atom is -0.381 e. The van der Waals surface area contributed by atoms with E-state index in [0.717, 1.165) is 30.6 Å². The van der Waals surface area contributed by atoms with Crippen LogP contribution in [0.3, 0.4) is 0 Å². The second kappa shape index (κ2) is 4.98. The molecule has 0 aromatic carbocycles. The zero-order valence-electron chi connectivity index (χ0n) is 9.58. The molecule has 17 heavy (non-hydrogen) atoms. The van der Waals surface area contributed by atoms with Gasteiger partial charge in [0.15, 0.2) is 10.8 Å². The fourth-order valence-corrected chi connectivity index (χ4v) is 2.87. The van der Waals surface area contributed by atoms with E-state index in [2.05, 4.69) is 14.5 Å². The van der Waals surface area contributed by atoms with Crippen molar-refractivity contribution in [2.75, 3.05) is 13.2 Å². The first kappa shape index (κ1) is 10.9. The van der Waals surface area contributed by atoms with Crippen LogP contribution in [0.15, 0.2) is 24.0 Å². The molecule has 1 saturated heterocycles. The molecule has 0 bridgehead atoms. The smallest absolute Gasteiger partial charge is 0.169 e. The number of thiazole rings is 1. The van der Waals surface area contributed by atoms with Gasteiger partial charge in [0.05, 0.1) is 6.61 Å². The van der Waals surface area contributed by atoms with Crippen LogP contribution < -0.4 is 0 Å². The van der Waals surface area contributed by atoms with Gasteiger partial charge in [0.25, 0.3) is 0 Å². The van der Waals surface area contributed by atoms with Crippen molar-refractivity contribution in [2.24, 2.45) is 5.92 Å². The van der Waals surface area contributed by atoms with E-state index in [1.807, 2.05) is 24.0 Å². The second-order valence-electron chi connectivity index (χ2n) is 4.32. The number of aromatic nitrogens is 3. The van der Waals surface area contributed by atoms with Gasteiger partial charge < -0.3 is 9.30 Å². The lowest BCUT2D eigenvalue weighted by molar-refractivity contribution is 0.0485. The molecular formula is C12H15N3OS. The summed E-state index contributed by atoms with van der Waals surface area (Å²) in [6.07, 6.45) is 8.12. The minimum atomic E-state index is 0.608. The monoisotopic (exact) mass is 249 g/mol. The lowest BCUT2D eigenvalue weighted by Gasteiger charge is -2.22. The first-order valence-electron chi connectivity index (χ1n) is 5.92. The highest BCUT2D eigenvalue weighted by Gasteiger charge is 2.17. The van der Waals surface area contributed by atoms with Gasteiger partial charge in [-0.05, 0) is 12.8 Å². The quantitative estimate of drug-likeness (QED) is 0.838. The number of imidazole rings is 1. The molecule has 5 heteroatoms. The van der Waals surface area contributed by atoms with E-state index < -0.39 is 0 Å². The van der Waals surface area contributed by atoms with Crippen molar-refractivity contribution in [3.05, 3.63) is 24.0 Å². The molecule has 1 unspecified atom stereocenters. The highest BCUT2D eigenvalue weighted by atomic mass is 32.1. The summed E-state index contributed by atoms with van der Waals surface area (Å²) in [5.41, 5.74) is 0. The molecule has 3 rings (SSSR count). The van der Waals surface area contributed by atoms with E-state index >= 15 is 0 Å². The molecule has 0 saturated carbocycles. The Kier molecular flexibility index (Phi) is 3.20. The summed E-state index contributed by atoms with van der Waals surface area (Å²) in [5.74, 6) is 1.59. The van der Waals surface area contributed by atoms with Crippen LogP contribution in [0.25, 0.3) is 10.8 Å². The highest BCUT2D eigenvalue weighted by molar-refractivity contribution is 7.13. The van der Waals surface area contributed by atoms with E-state index in [1.165, 1.54) is 12.8 Å². The lowest BCUT2D eigenvalue weighted by Crippen LogP contribution is -2.22.